The minimum Gasteiger partial charge on any atom is -0.396 e. The van der Waals surface area contributed by atoms with Crippen molar-refractivity contribution in [2.45, 2.75) is 18.6 Å². The van der Waals surface area contributed by atoms with Crippen molar-refractivity contribution in [1.29, 1.82) is 0 Å². The summed E-state index contributed by atoms with van der Waals surface area (Å²) in [5.41, 5.74) is 1.79. The van der Waals surface area contributed by atoms with Crippen molar-refractivity contribution < 1.29 is 14.6 Å². The second kappa shape index (κ2) is 8.03. The van der Waals surface area contributed by atoms with Gasteiger partial charge < -0.3 is 10.2 Å². The van der Waals surface area contributed by atoms with Crippen molar-refractivity contribution in [3.8, 4) is 0 Å². The number of likely N-dealkylation sites (N-methyl/N-ethyl adjacent to an activating group) is 1. The van der Waals surface area contributed by atoms with E-state index >= 15 is 0 Å². The van der Waals surface area contributed by atoms with Gasteiger partial charge in [-0.1, -0.05) is 42.5 Å². The minimum absolute atomic E-state index is 0.0290. The number of halogens is 1. The normalized spacial score (nSPS) is 14.0. The number of nitrogens with zero attached hydrogens (tertiary/aromatic N) is 1. The average Bonchev–Trinajstić information content (AvgIpc) is 2.53. The Morgan fingerprint density at radius 1 is 1.00 bits per heavy atom. The predicted octanol–water partition coefficient (Wildman–Crippen LogP) is 2.91. The summed E-state index contributed by atoms with van der Waals surface area (Å²) >= 11 is 0. The summed E-state index contributed by atoms with van der Waals surface area (Å²) in [5.74, 6) is -0.313. The molecule has 2 aromatic carbocycles. The van der Waals surface area contributed by atoms with Crippen LogP contribution in [-0.2, 0) is 0 Å². The molecule has 0 radical (unpaired) electrons. The zero-order valence-electron chi connectivity index (χ0n) is 12.7. The van der Waals surface area contributed by atoms with Crippen molar-refractivity contribution in [2.75, 3.05) is 20.2 Å². The van der Waals surface area contributed by atoms with E-state index < -0.39 is 6.10 Å². The van der Waals surface area contributed by atoms with Crippen LogP contribution in [0.3, 0.4) is 0 Å². The Bertz CT molecular complexity index is 559. The number of hydrogen-bond acceptors (Lipinski definition) is 3. The lowest BCUT2D eigenvalue weighted by molar-refractivity contribution is 0.0937. The molecule has 4 heteroatoms. The summed E-state index contributed by atoms with van der Waals surface area (Å²) in [4.78, 5) is 2.01. The van der Waals surface area contributed by atoms with Crippen molar-refractivity contribution in [3.05, 3.63) is 71.5 Å². The Labute approximate surface area is 130 Å². The molecule has 0 amide bonds. The molecule has 0 fully saturated rings. The number of rotatable bonds is 7. The first-order valence-electron chi connectivity index (χ1n) is 7.41. The Balaban J connectivity index is 2.07. The molecule has 2 unspecified atom stereocenters. The van der Waals surface area contributed by atoms with Gasteiger partial charge in [0.2, 0.25) is 0 Å². The Hall–Kier alpha value is -1.75. The van der Waals surface area contributed by atoms with Crippen LogP contribution in [0.2, 0.25) is 0 Å². The van der Waals surface area contributed by atoms with Gasteiger partial charge in [-0.05, 0) is 36.7 Å². The van der Waals surface area contributed by atoms with Crippen LogP contribution in [0.5, 0.6) is 0 Å². The van der Waals surface area contributed by atoms with Gasteiger partial charge >= 0.3 is 0 Å². The SMILES string of the molecule is CN(CC(O)c1ccc(F)cc1)C(CCO)c1ccccc1. The molecule has 0 saturated heterocycles. The summed E-state index contributed by atoms with van der Waals surface area (Å²) in [6.07, 6.45) is -0.105. The summed E-state index contributed by atoms with van der Waals surface area (Å²) < 4.78 is 12.9. The lowest BCUT2D eigenvalue weighted by Gasteiger charge is -2.30. The van der Waals surface area contributed by atoms with Crippen LogP contribution in [0.25, 0.3) is 0 Å². The fourth-order valence-electron chi connectivity index (χ4n) is 2.63. The van der Waals surface area contributed by atoms with Crippen LogP contribution in [0, 0.1) is 5.82 Å². The molecular formula is C18H22FNO2. The lowest BCUT2D eigenvalue weighted by atomic mass is 10.0. The summed E-state index contributed by atoms with van der Waals surface area (Å²) in [7, 11) is 1.92. The summed E-state index contributed by atoms with van der Waals surface area (Å²) in [6, 6.07) is 15.8. The predicted molar refractivity (Wildman–Crippen MR) is 84.9 cm³/mol. The fourth-order valence-corrected chi connectivity index (χ4v) is 2.63. The summed E-state index contributed by atoms with van der Waals surface area (Å²) in [6.45, 7) is 0.488. The smallest absolute Gasteiger partial charge is 0.123 e. The molecule has 0 saturated carbocycles. The highest BCUT2D eigenvalue weighted by molar-refractivity contribution is 5.21. The van der Waals surface area contributed by atoms with Crippen molar-refractivity contribution in [2.24, 2.45) is 0 Å². The van der Waals surface area contributed by atoms with Crippen molar-refractivity contribution in [1.82, 2.24) is 4.90 Å². The van der Waals surface area contributed by atoms with E-state index in [1.54, 1.807) is 12.1 Å². The first-order chi connectivity index (χ1) is 10.6. The maximum atomic E-state index is 12.9. The van der Waals surface area contributed by atoms with Crippen LogP contribution < -0.4 is 0 Å². The van der Waals surface area contributed by atoms with Crippen LogP contribution in [-0.4, -0.2) is 35.3 Å². The third-order valence-corrected chi connectivity index (χ3v) is 3.83. The number of hydrogen-bond donors (Lipinski definition) is 2. The van der Waals surface area contributed by atoms with Gasteiger partial charge in [0.25, 0.3) is 0 Å². The zero-order valence-corrected chi connectivity index (χ0v) is 12.7. The molecule has 3 nitrogen and oxygen atoms in total. The number of aliphatic hydroxyl groups excluding tert-OH is 2. The van der Waals surface area contributed by atoms with Gasteiger partial charge in [-0.3, -0.25) is 4.90 Å². The van der Waals surface area contributed by atoms with Gasteiger partial charge in [-0.2, -0.15) is 0 Å². The molecule has 0 aliphatic carbocycles. The zero-order chi connectivity index (χ0) is 15.9. The third kappa shape index (κ3) is 4.37. The monoisotopic (exact) mass is 303 g/mol. The molecule has 0 spiro atoms. The van der Waals surface area contributed by atoms with Gasteiger partial charge in [0.15, 0.2) is 0 Å². The van der Waals surface area contributed by atoms with E-state index in [1.807, 2.05) is 42.3 Å². The van der Waals surface area contributed by atoms with Gasteiger partial charge in [-0.25, -0.2) is 4.39 Å². The Morgan fingerprint density at radius 3 is 2.23 bits per heavy atom. The van der Waals surface area contributed by atoms with E-state index in [4.69, 9.17) is 0 Å². The van der Waals surface area contributed by atoms with E-state index in [-0.39, 0.29) is 18.5 Å². The highest BCUT2D eigenvalue weighted by atomic mass is 19.1. The molecule has 2 N–H and O–H groups in total. The lowest BCUT2D eigenvalue weighted by Crippen LogP contribution is -2.30. The van der Waals surface area contributed by atoms with Crippen LogP contribution in [0.1, 0.15) is 29.7 Å². The van der Waals surface area contributed by atoms with E-state index in [0.29, 0.717) is 18.5 Å². The molecule has 2 aromatic rings. The maximum Gasteiger partial charge on any atom is 0.123 e. The fraction of sp³-hybridized carbons (Fsp3) is 0.333. The van der Waals surface area contributed by atoms with Crippen LogP contribution >= 0.6 is 0 Å². The standard InChI is InChI=1S/C18H22FNO2/c1-20(13-18(22)15-7-9-16(19)10-8-15)17(11-12-21)14-5-3-2-4-6-14/h2-10,17-18,21-22H,11-13H2,1H3. The highest BCUT2D eigenvalue weighted by Gasteiger charge is 2.19. The second-order valence-electron chi connectivity index (χ2n) is 5.45. The second-order valence-corrected chi connectivity index (χ2v) is 5.45. The molecule has 0 aliphatic heterocycles. The van der Waals surface area contributed by atoms with Crippen LogP contribution in [0.4, 0.5) is 4.39 Å². The number of benzene rings is 2. The van der Waals surface area contributed by atoms with E-state index in [2.05, 4.69) is 0 Å². The quantitative estimate of drug-likeness (QED) is 0.826. The van der Waals surface area contributed by atoms with Gasteiger partial charge in [0, 0.05) is 19.2 Å². The van der Waals surface area contributed by atoms with Crippen molar-refractivity contribution >= 4 is 0 Å². The topological polar surface area (TPSA) is 43.7 Å². The Kier molecular flexibility index (Phi) is 6.07. The molecule has 22 heavy (non-hydrogen) atoms. The molecule has 0 bridgehead atoms. The first-order valence-corrected chi connectivity index (χ1v) is 7.41. The van der Waals surface area contributed by atoms with Gasteiger partial charge in [0.1, 0.15) is 5.82 Å². The molecule has 0 aromatic heterocycles. The highest BCUT2D eigenvalue weighted by Crippen LogP contribution is 2.25. The molecule has 0 heterocycles. The molecular weight excluding hydrogens is 281 g/mol. The molecule has 2 rings (SSSR count). The Morgan fingerprint density at radius 2 is 1.64 bits per heavy atom. The minimum atomic E-state index is -0.699. The van der Waals surface area contributed by atoms with E-state index in [1.165, 1.54) is 12.1 Å². The van der Waals surface area contributed by atoms with E-state index in [0.717, 1.165) is 5.56 Å². The maximum absolute atomic E-state index is 12.9. The first kappa shape index (κ1) is 16.6. The summed E-state index contributed by atoms with van der Waals surface area (Å²) in [5, 5.41) is 19.6. The average molecular weight is 303 g/mol. The van der Waals surface area contributed by atoms with Crippen molar-refractivity contribution in [3.63, 3.8) is 0 Å². The number of aliphatic hydroxyl groups is 2. The van der Waals surface area contributed by atoms with Crippen LogP contribution in [0.15, 0.2) is 54.6 Å². The van der Waals surface area contributed by atoms with Gasteiger partial charge in [0.05, 0.1) is 6.10 Å². The van der Waals surface area contributed by atoms with E-state index in [9.17, 15) is 14.6 Å². The molecule has 0 aliphatic rings. The molecule has 118 valence electrons. The largest absolute Gasteiger partial charge is 0.396 e. The molecule has 2 atom stereocenters. The van der Waals surface area contributed by atoms with Gasteiger partial charge in [-0.15, -0.1) is 0 Å². The third-order valence-electron chi connectivity index (χ3n) is 3.83.